The Bertz CT molecular complexity index is 605. The normalized spacial score (nSPS) is 25.0. The quantitative estimate of drug-likeness (QED) is 0.853. The third kappa shape index (κ3) is 4.22. The maximum absolute atomic E-state index is 12.5. The van der Waals surface area contributed by atoms with Gasteiger partial charge in [-0.15, -0.1) is 0 Å². The van der Waals surface area contributed by atoms with Crippen molar-refractivity contribution >= 4 is 11.8 Å². The second-order valence-corrected chi connectivity index (χ2v) is 7.47. The Morgan fingerprint density at radius 2 is 1.96 bits per heavy atom. The van der Waals surface area contributed by atoms with Crippen LogP contribution < -0.4 is 5.32 Å². The fourth-order valence-corrected chi connectivity index (χ4v) is 4.20. The van der Waals surface area contributed by atoms with Gasteiger partial charge in [0.25, 0.3) is 0 Å². The largest absolute Gasteiger partial charge is 0.361 e. The molecule has 1 aromatic heterocycles. The van der Waals surface area contributed by atoms with Crippen molar-refractivity contribution in [2.24, 2.45) is 5.92 Å². The Morgan fingerprint density at radius 3 is 2.60 bits per heavy atom. The number of aromatic nitrogens is 1. The van der Waals surface area contributed by atoms with E-state index in [1.807, 2.05) is 13.0 Å². The molecule has 1 aliphatic heterocycles. The van der Waals surface area contributed by atoms with Crippen LogP contribution in [0.25, 0.3) is 0 Å². The zero-order chi connectivity index (χ0) is 17.8. The SMILES string of the molecule is CCC1CCCCC1NC(=O)C(=O)N1CCC(c2cc(C)no2)CC1. The van der Waals surface area contributed by atoms with Gasteiger partial charge in [-0.05, 0) is 38.5 Å². The molecule has 2 atom stereocenters. The van der Waals surface area contributed by atoms with Crippen LogP contribution in [0, 0.1) is 12.8 Å². The molecule has 0 radical (unpaired) electrons. The third-order valence-electron chi connectivity index (χ3n) is 5.77. The van der Waals surface area contributed by atoms with Crippen molar-refractivity contribution in [3.05, 3.63) is 17.5 Å². The topological polar surface area (TPSA) is 75.4 Å². The molecule has 2 aliphatic rings. The van der Waals surface area contributed by atoms with E-state index in [0.717, 1.165) is 50.0 Å². The highest BCUT2D eigenvalue weighted by Gasteiger charge is 2.32. The van der Waals surface area contributed by atoms with Gasteiger partial charge in [-0.3, -0.25) is 9.59 Å². The van der Waals surface area contributed by atoms with E-state index in [-0.39, 0.29) is 17.9 Å². The van der Waals surface area contributed by atoms with Crippen LogP contribution in [0.1, 0.15) is 69.2 Å². The van der Waals surface area contributed by atoms with Crippen LogP contribution >= 0.6 is 0 Å². The predicted molar refractivity (Wildman–Crippen MR) is 94.0 cm³/mol. The van der Waals surface area contributed by atoms with E-state index >= 15 is 0 Å². The minimum Gasteiger partial charge on any atom is -0.361 e. The molecule has 0 spiro atoms. The van der Waals surface area contributed by atoms with Crippen molar-refractivity contribution in [3.63, 3.8) is 0 Å². The Labute approximate surface area is 149 Å². The van der Waals surface area contributed by atoms with Gasteiger partial charge in [0.2, 0.25) is 0 Å². The van der Waals surface area contributed by atoms with Crippen molar-refractivity contribution in [3.8, 4) is 0 Å². The van der Waals surface area contributed by atoms with E-state index in [1.54, 1.807) is 4.90 Å². The summed E-state index contributed by atoms with van der Waals surface area (Å²) in [5.74, 6) is 0.871. The highest BCUT2D eigenvalue weighted by molar-refractivity contribution is 6.35. The number of carbonyl (C=O) groups excluding carboxylic acids is 2. The lowest BCUT2D eigenvalue weighted by Crippen LogP contribution is -2.50. The lowest BCUT2D eigenvalue weighted by molar-refractivity contribution is -0.147. The minimum atomic E-state index is -0.431. The Balaban J connectivity index is 1.50. The van der Waals surface area contributed by atoms with Crippen molar-refractivity contribution in [2.75, 3.05) is 13.1 Å². The fourth-order valence-electron chi connectivity index (χ4n) is 4.20. The molecule has 2 amide bonds. The lowest BCUT2D eigenvalue weighted by atomic mass is 9.83. The Morgan fingerprint density at radius 1 is 1.24 bits per heavy atom. The summed E-state index contributed by atoms with van der Waals surface area (Å²) >= 11 is 0. The number of amides is 2. The first kappa shape index (κ1) is 18.0. The molecular formula is C19H29N3O3. The van der Waals surface area contributed by atoms with Crippen molar-refractivity contribution in [1.82, 2.24) is 15.4 Å². The third-order valence-corrected chi connectivity index (χ3v) is 5.77. The predicted octanol–water partition coefficient (Wildman–Crippen LogP) is 2.77. The van der Waals surface area contributed by atoms with Gasteiger partial charge >= 0.3 is 11.8 Å². The smallest absolute Gasteiger partial charge is 0.311 e. The highest BCUT2D eigenvalue weighted by atomic mass is 16.5. The second-order valence-electron chi connectivity index (χ2n) is 7.47. The summed E-state index contributed by atoms with van der Waals surface area (Å²) in [6.45, 7) is 5.26. The van der Waals surface area contributed by atoms with E-state index in [0.29, 0.717) is 19.0 Å². The number of hydrogen-bond acceptors (Lipinski definition) is 4. The molecule has 1 N–H and O–H groups in total. The Hall–Kier alpha value is -1.85. The number of rotatable bonds is 3. The monoisotopic (exact) mass is 347 g/mol. The summed E-state index contributed by atoms with van der Waals surface area (Å²) in [6, 6.07) is 2.12. The molecule has 1 aliphatic carbocycles. The molecule has 6 nitrogen and oxygen atoms in total. The molecular weight excluding hydrogens is 318 g/mol. The van der Waals surface area contributed by atoms with Gasteiger partial charge in [0, 0.05) is 31.1 Å². The summed E-state index contributed by atoms with van der Waals surface area (Å²) in [5.41, 5.74) is 0.880. The van der Waals surface area contributed by atoms with Gasteiger partial charge < -0.3 is 14.7 Å². The first-order chi connectivity index (χ1) is 12.1. The van der Waals surface area contributed by atoms with E-state index < -0.39 is 5.91 Å². The van der Waals surface area contributed by atoms with E-state index in [2.05, 4.69) is 17.4 Å². The molecule has 25 heavy (non-hydrogen) atoms. The van der Waals surface area contributed by atoms with Gasteiger partial charge in [0.05, 0.1) is 5.69 Å². The summed E-state index contributed by atoms with van der Waals surface area (Å²) < 4.78 is 5.34. The zero-order valence-corrected chi connectivity index (χ0v) is 15.3. The van der Waals surface area contributed by atoms with Gasteiger partial charge in [-0.2, -0.15) is 0 Å². The summed E-state index contributed by atoms with van der Waals surface area (Å²) in [5, 5.41) is 6.94. The molecule has 0 bridgehead atoms. The summed E-state index contributed by atoms with van der Waals surface area (Å²) in [4.78, 5) is 26.6. The second kappa shape index (κ2) is 8.02. The van der Waals surface area contributed by atoms with Crippen molar-refractivity contribution < 1.29 is 14.1 Å². The number of piperidine rings is 1. The fraction of sp³-hybridized carbons (Fsp3) is 0.737. The first-order valence-corrected chi connectivity index (χ1v) is 9.61. The highest BCUT2D eigenvalue weighted by Crippen LogP contribution is 2.29. The number of nitrogens with one attached hydrogen (secondary N) is 1. The van der Waals surface area contributed by atoms with Gasteiger partial charge in [-0.1, -0.05) is 31.3 Å². The number of likely N-dealkylation sites (tertiary alicyclic amines) is 1. The molecule has 1 aromatic rings. The van der Waals surface area contributed by atoms with Gasteiger partial charge in [0.1, 0.15) is 5.76 Å². The van der Waals surface area contributed by atoms with Crippen LogP contribution in [0.4, 0.5) is 0 Å². The molecule has 6 heteroatoms. The number of nitrogens with zero attached hydrogens (tertiary/aromatic N) is 2. The average molecular weight is 347 g/mol. The van der Waals surface area contributed by atoms with E-state index in [9.17, 15) is 9.59 Å². The van der Waals surface area contributed by atoms with Crippen molar-refractivity contribution in [2.45, 2.75) is 70.8 Å². The van der Waals surface area contributed by atoms with E-state index in [1.165, 1.54) is 6.42 Å². The zero-order valence-electron chi connectivity index (χ0n) is 15.3. The van der Waals surface area contributed by atoms with E-state index in [4.69, 9.17) is 4.52 Å². The molecule has 0 aromatic carbocycles. The van der Waals surface area contributed by atoms with Crippen LogP contribution in [-0.2, 0) is 9.59 Å². The first-order valence-electron chi connectivity index (χ1n) is 9.61. The maximum Gasteiger partial charge on any atom is 0.311 e. The summed E-state index contributed by atoms with van der Waals surface area (Å²) in [7, 11) is 0. The van der Waals surface area contributed by atoms with Crippen LogP contribution in [-0.4, -0.2) is 41.0 Å². The van der Waals surface area contributed by atoms with Gasteiger partial charge in [-0.25, -0.2) is 0 Å². The Kier molecular flexibility index (Phi) is 5.76. The minimum absolute atomic E-state index is 0.157. The molecule has 1 saturated heterocycles. The number of hydrogen-bond donors (Lipinski definition) is 1. The van der Waals surface area contributed by atoms with Crippen LogP contribution in [0.5, 0.6) is 0 Å². The maximum atomic E-state index is 12.5. The average Bonchev–Trinajstić information content (AvgIpc) is 3.08. The number of aryl methyl sites for hydroxylation is 1. The molecule has 1 saturated carbocycles. The lowest BCUT2D eigenvalue weighted by Gasteiger charge is -2.33. The van der Waals surface area contributed by atoms with Gasteiger partial charge in [0.15, 0.2) is 0 Å². The van der Waals surface area contributed by atoms with Crippen molar-refractivity contribution in [1.29, 1.82) is 0 Å². The molecule has 2 heterocycles. The molecule has 2 unspecified atom stereocenters. The number of carbonyl (C=O) groups is 2. The van der Waals surface area contributed by atoms with Crippen LogP contribution in [0.3, 0.4) is 0 Å². The standard InChI is InChI=1S/C19H29N3O3/c1-3-14-6-4-5-7-16(14)20-18(23)19(24)22-10-8-15(9-11-22)17-12-13(2)21-25-17/h12,14-16H,3-11H2,1-2H3,(H,20,23). The van der Waals surface area contributed by atoms with Crippen LogP contribution in [0.15, 0.2) is 10.6 Å². The molecule has 138 valence electrons. The molecule has 2 fully saturated rings. The van der Waals surface area contributed by atoms with Crippen LogP contribution in [0.2, 0.25) is 0 Å². The molecule has 3 rings (SSSR count). The summed E-state index contributed by atoms with van der Waals surface area (Å²) in [6.07, 6.45) is 7.19.